The lowest BCUT2D eigenvalue weighted by molar-refractivity contribution is 0.0643. The lowest BCUT2D eigenvalue weighted by Crippen LogP contribution is -2.46. The summed E-state index contributed by atoms with van der Waals surface area (Å²) < 4.78 is 0. The molecule has 3 heteroatoms. The molecule has 70 valence electrons. The van der Waals surface area contributed by atoms with Gasteiger partial charge < -0.3 is 10.0 Å². The van der Waals surface area contributed by atoms with Gasteiger partial charge in [-0.3, -0.25) is 0 Å². The topological polar surface area (TPSA) is 23.5 Å². The standard InChI is InChI=1S/C9H17NOS/c1-10(2)8(12)9(11)6-4-3-5-7-9/h11H,3-7H2,1-2H3. The summed E-state index contributed by atoms with van der Waals surface area (Å²) in [5.41, 5.74) is -0.683. The van der Waals surface area contributed by atoms with Crippen LogP contribution in [0.1, 0.15) is 32.1 Å². The van der Waals surface area contributed by atoms with Crippen LogP contribution in [-0.4, -0.2) is 34.7 Å². The van der Waals surface area contributed by atoms with Crippen LogP contribution in [-0.2, 0) is 0 Å². The zero-order chi connectivity index (χ0) is 9.19. The molecule has 0 bridgehead atoms. The number of thiocarbonyl (C=S) groups is 1. The minimum Gasteiger partial charge on any atom is -0.383 e. The molecule has 0 unspecified atom stereocenters. The maximum Gasteiger partial charge on any atom is 0.115 e. The maximum atomic E-state index is 10.1. The van der Waals surface area contributed by atoms with Gasteiger partial charge in [0.25, 0.3) is 0 Å². The molecule has 1 fully saturated rings. The molecule has 2 nitrogen and oxygen atoms in total. The van der Waals surface area contributed by atoms with Crippen molar-refractivity contribution >= 4 is 17.2 Å². The average Bonchev–Trinajstić information content (AvgIpc) is 2.04. The lowest BCUT2D eigenvalue weighted by atomic mass is 9.84. The number of rotatable bonds is 1. The molecule has 0 aliphatic heterocycles. The van der Waals surface area contributed by atoms with Crippen molar-refractivity contribution in [2.24, 2.45) is 0 Å². The Morgan fingerprint density at radius 2 is 1.75 bits per heavy atom. The number of aliphatic hydroxyl groups is 1. The van der Waals surface area contributed by atoms with Crippen LogP contribution in [0.15, 0.2) is 0 Å². The Morgan fingerprint density at radius 3 is 2.17 bits per heavy atom. The number of likely N-dealkylation sites (N-methyl/N-ethyl adjacent to an activating group) is 1. The van der Waals surface area contributed by atoms with Crippen LogP contribution in [0.2, 0.25) is 0 Å². The Bertz CT molecular complexity index is 173. The molecule has 1 N–H and O–H groups in total. The summed E-state index contributed by atoms with van der Waals surface area (Å²) in [5, 5.41) is 10.1. The summed E-state index contributed by atoms with van der Waals surface area (Å²) >= 11 is 5.19. The SMILES string of the molecule is CN(C)C(=S)C1(O)CCCCC1. The van der Waals surface area contributed by atoms with Crippen molar-refractivity contribution in [2.45, 2.75) is 37.7 Å². The van der Waals surface area contributed by atoms with Crippen LogP contribution in [0.3, 0.4) is 0 Å². The van der Waals surface area contributed by atoms with E-state index in [0.29, 0.717) is 4.99 Å². The van der Waals surface area contributed by atoms with Crippen molar-refractivity contribution in [2.75, 3.05) is 14.1 Å². The molecule has 0 radical (unpaired) electrons. The smallest absolute Gasteiger partial charge is 0.115 e. The van der Waals surface area contributed by atoms with Gasteiger partial charge >= 0.3 is 0 Å². The summed E-state index contributed by atoms with van der Waals surface area (Å²) in [6, 6.07) is 0. The first-order valence-corrected chi connectivity index (χ1v) is 4.91. The van der Waals surface area contributed by atoms with Crippen LogP contribution in [0.5, 0.6) is 0 Å². The van der Waals surface area contributed by atoms with Gasteiger partial charge in [-0.1, -0.05) is 31.5 Å². The number of nitrogens with zero attached hydrogens (tertiary/aromatic N) is 1. The van der Waals surface area contributed by atoms with E-state index in [0.717, 1.165) is 25.7 Å². The first-order valence-electron chi connectivity index (χ1n) is 4.50. The molecule has 0 aromatic carbocycles. The Morgan fingerprint density at radius 1 is 1.25 bits per heavy atom. The van der Waals surface area contributed by atoms with E-state index in [1.807, 2.05) is 19.0 Å². The predicted octanol–water partition coefficient (Wildman–Crippen LogP) is 1.57. The molecule has 0 heterocycles. The maximum absolute atomic E-state index is 10.1. The molecule has 1 aliphatic rings. The van der Waals surface area contributed by atoms with Gasteiger partial charge in [-0.2, -0.15) is 0 Å². The molecule has 0 spiro atoms. The third-order valence-corrected chi connectivity index (χ3v) is 3.23. The zero-order valence-electron chi connectivity index (χ0n) is 7.84. The van der Waals surface area contributed by atoms with Gasteiger partial charge in [-0.15, -0.1) is 0 Å². The van der Waals surface area contributed by atoms with Crippen LogP contribution >= 0.6 is 12.2 Å². The van der Waals surface area contributed by atoms with E-state index in [-0.39, 0.29) is 0 Å². The van der Waals surface area contributed by atoms with E-state index in [9.17, 15) is 5.11 Å². The van der Waals surface area contributed by atoms with Crippen molar-refractivity contribution in [1.82, 2.24) is 4.90 Å². The summed E-state index contributed by atoms with van der Waals surface area (Å²) in [4.78, 5) is 2.54. The minimum atomic E-state index is -0.683. The van der Waals surface area contributed by atoms with Crippen LogP contribution in [0.4, 0.5) is 0 Å². The highest BCUT2D eigenvalue weighted by molar-refractivity contribution is 7.80. The molecule has 12 heavy (non-hydrogen) atoms. The molecule has 0 aromatic rings. The molecule has 0 amide bonds. The molecular formula is C9H17NOS. The summed E-state index contributed by atoms with van der Waals surface area (Å²) in [7, 11) is 3.80. The molecule has 0 atom stereocenters. The highest BCUT2D eigenvalue weighted by atomic mass is 32.1. The van der Waals surface area contributed by atoms with Crippen molar-refractivity contribution < 1.29 is 5.11 Å². The van der Waals surface area contributed by atoms with E-state index in [1.165, 1.54) is 6.42 Å². The number of hydrogen-bond donors (Lipinski definition) is 1. The average molecular weight is 187 g/mol. The summed E-state index contributed by atoms with van der Waals surface area (Å²) in [5.74, 6) is 0. The molecule has 1 rings (SSSR count). The fraction of sp³-hybridized carbons (Fsp3) is 0.889. The molecule has 0 aromatic heterocycles. The van der Waals surface area contributed by atoms with E-state index >= 15 is 0 Å². The van der Waals surface area contributed by atoms with E-state index in [1.54, 1.807) is 0 Å². The minimum absolute atomic E-state index is 0.683. The monoisotopic (exact) mass is 187 g/mol. The largest absolute Gasteiger partial charge is 0.383 e. The van der Waals surface area contributed by atoms with E-state index < -0.39 is 5.60 Å². The van der Waals surface area contributed by atoms with Crippen molar-refractivity contribution in [3.8, 4) is 0 Å². The molecule has 1 aliphatic carbocycles. The lowest BCUT2D eigenvalue weighted by Gasteiger charge is -2.35. The van der Waals surface area contributed by atoms with Gasteiger partial charge in [0.05, 0.1) is 0 Å². The Kier molecular flexibility index (Phi) is 3.07. The van der Waals surface area contributed by atoms with Crippen LogP contribution < -0.4 is 0 Å². The number of hydrogen-bond acceptors (Lipinski definition) is 2. The summed E-state index contributed by atoms with van der Waals surface area (Å²) in [6.45, 7) is 0. The Balaban J connectivity index is 2.62. The molecular weight excluding hydrogens is 170 g/mol. The highest BCUT2D eigenvalue weighted by Crippen LogP contribution is 2.29. The molecule has 1 saturated carbocycles. The fourth-order valence-electron chi connectivity index (χ4n) is 1.77. The van der Waals surface area contributed by atoms with E-state index in [2.05, 4.69) is 0 Å². The van der Waals surface area contributed by atoms with Gasteiger partial charge in [0.15, 0.2) is 0 Å². The van der Waals surface area contributed by atoms with Crippen molar-refractivity contribution in [3.05, 3.63) is 0 Å². The van der Waals surface area contributed by atoms with Crippen molar-refractivity contribution in [1.29, 1.82) is 0 Å². The van der Waals surface area contributed by atoms with Gasteiger partial charge in [0.2, 0.25) is 0 Å². The highest BCUT2D eigenvalue weighted by Gasteiger charge is 2.34. The predicted molar refractivity (Wildman–Crippen MR) is 54.3 cm³/mol. The fourth-order valence-corrected chi connectivity index (χ4v) is 1.97. The van der Waals surface area contributed by atoms with Gasteiger partial charge in [0, 0.05) is 14.1 Å². The third-order valence-electron chi connectivity index (χ3n) is 2.48. The van der Waals surface area contributed by atoms with Gasteiger partial charge in [0.1, 0.15) is 10.6 Å². The summed E-state index contributed by atoms with van der Waals surface area (Å²) in [6.07, 6.45) is 5.11. The first-order chi connectivity index (χ1) is 5.56. The van der Waals surface area contributed by atoms with Crippen LogP contribution in [0.25, 0.3) is 0 Å². The van der Waals surface area contributed by atoms with Crippen LogP contribution in [0, 0.1) is 0 Å². The van der Waals surface area contributed by atoms with E-state index in [4.69, 9.17) is 12.2 Å². The second-order valence-corrected chi connectivity index (χ2v) is 4.18. The second kappa shape index (κ2) is 3.71. The quantitative estimate of drug-likeness (QED) is 0.630. The van der Waals surface area contributed by atoms with Crippen molar-refractivity contribution in [3.63, 3.8) is 0 Å². The zero-order valence-corrected chi connectivity index (χ0v) is 8.65. The van der Waals surface area contributed by atoms with Gasteiger partial charge in [-0.25, -0.2) is 0 Å². The second-order valence-electron chi connectivity index (χ2n) is 3.79. The molecule has 0 saturated heterocycles. The Labute approximate surface area is 79.6 Å². The Hall–Kier alpha value is -0.150. The van der Waals surface area contributed by atoms with Gasteiger partial charge in [-0.05, 0) is 12.8 Å². The normalized spacial score (nSPS) is 21.9. The third kappa shape index (κ3) is 1.96. The first kappa shape index (κ1) is 9.93.